The average Bonchev–Trinajstić information content (AvgIpc) is 3.47. The summed E-state index contributed by atoms with van der Waals surface area (Å²) >= 11 is 6.23. The van der Waals surface area contributed by atoms with Gasteiger partial charge in [0.15, 0.2) is 9.84 Å². The van der Waals surface area contributed by atoms with Gasteiger partial charge >= 0.3 is 0 Å². The zero-order chi connectivity index (χ0) is 19.9. The van der Waals surface area contributed by atoms with Crippen molar-refractivity contribution in [2.75, 3.05) is 18.1 Å². The SMILES string of the molecule is Cc1ccc(C(=O)NC[C@]2(CC3CC3)C[C@H](CS(=O)(=O)CC3CC3)C2)c(Cl)c1. The third kappa shape index (κ3) is 5.10. The van der Waals surface area contributed by atoms with Crippen LogP contribution in [0, 0.1) is 30.1 Å². The summed E-state index contributed by atoms with van der Waals surface area (Å²) in [5, 5.41) is 3.57. The van der Waals surface area contributed by atoms with E-state index in [1.165, 1.54) is 12.8 Å². The molecule has 1 N–H and O–H groups in total. The smallest absolute Gasteiger partial charge is 0.252 e. The molecule has 1 amide bonds. The van der Waals surface area contributed by atoms with Crippen LogP contribution in [0.25, 0.3) is 0 Å². The Bertz CT molecular complexity index is 853. The topological polar surface area (TPSA) is 63.2 Å². The van der Waals surface area contributed by atoms with Gasteiger partial charge < -0.3 is 5.32 Å². The summed E-state index contributed by atoms with van der Waals surface area (Å²) in [5.41, 5.74) is 1.60. The minimum absolute atomic E-state index is 0.0633. The number of aryl methyl sites for hydroxylation is 1. The molecule has 0 aliphatic heterocycles. The lowest BCUT2D eigenvalue weighted by molar-refractivity contribution is 0.0475. The summed E-state index contributed by atoms with van der Waals surface area (Å²) in [6.45, 7) is 2.57. The van der Waals surface area contributed by atoms with Crippen molar-refractivity contribution in [1.29, 1.82) is 0 Å². The Kier molecular flexibility index (Phi) is 5.51. The summed E-state index contributed by atoms with van der Waals surface area (Å²) in [6, 6.07) is 5.47. The predicted molar refractivity (Wildman–Crippen MR) is 112 cm³/mol. The number of halogens is 1. The molecule has 0 aromatic heterocycles. The van der Waals surface area contributed by atoms with Gasteiger partial charge in [0, 0.05) is 6.54 Å². The van der Waals surface area contributed by atoms with Crippen LogP contribution >= 0.6 is 11.6 Å². The maximum absolute atomic E-state index is 12.6. The molecule has 3 fully saturated rings. The lowest BCUT2D eigenvalue weighted by atomic mass is 9.60. The van der Waals surface area contributed by atoms with E-state index < -0.39 is 9.84 Å². The van der Waals surface area contributed by atoms with Crippen LogP contribution in [0.4, 0.5) is 0 Å². The van der Waals surface area contributed by atoms with Crippen LogP contribution in [0.2, 0.25) is 5.02 Å². The Morgan fingerprint density at radius 1 is 1.11 bits per heavy atom. The van der Waals surface area contributed by atoms with Crippen LogP contribution < -0.4 is 5.32 Å². The molecule has 154 valence electrons. The Balaban J connectivity index is 1.34. The van der Waals surface area contributed by atoms with E-state index in [-0.39, 0.29) is 17.2 Å². The van der Waals surface area contributed by atoms with E-state index in [1.54, 1.807) is 12.1 Å². The van der Waals surface area contributed by atoms with Crippen LogP contribution in [0.15, 0.2) is 18.2 Å². The van der Waals surface area contributed by atoms with Gasteiger partial charge in [-0.15, -0.1) is 0 Å². The molecule has 1 aromatic rings. The van der Waals surface area contributed by atoms with Crippen molar-refractivity contribution in [3.63, 3.8) is 0 Å². The van der Waals surface area contributed by atoms with E-state index in [0.29, 0.717) is 34.6 Å². The second-order valence-corrected chi connectivity index (χ2v) is 12.2. The van der Waals surface area contributed by atoms with Crippen molar-refractivity contribution in [3.8, 4) is 0 Å². The number of hydrogen-bond donors (Lipinski definition) is 1. The molecule has 1 aromatic carbocycles. The number of carbonyl (C=O) groups excluding carboxylic acids is 1. The van der Waals surface area contributed by atoms with E-state index in [2.05, 4.69) is 5.32 Å². The zero-order valence-corrected chi connectivity index (χ0v) is 18.1. The van der Waals surface area contributed by atoms with Gasteiger partial charge in [-0.05, 0) is 79.9 Å². The van der Waals surface area contributed by atoms with E-state index in [0.717, 1.165) is 43.6 Å². The quantitative estimate of drug-likeness (QED) is 0.640. The highest BCUT2D eigenvalue weighted by molar-refractivity contribution is 7.91. The third-order valence-electron chi connectivity index (χ3n) is 6.53. The number of benzene rings is 1. The van der Waals surface area contributed by atoms with Crippen LogP contribution in [-0.2, 0) is 9.84 Å². The summed E-state index contributed by atoms with van der Waals surface area (Å²) in [6.07, 6.45) is 7.61. The first-order chi connectivity index (χ1) is 13.2. The van der Waals surface area contributed by atoms with Crippen molar-refractivity contribution in [3.05, 3.63) is 34.3 Å². The van der Waals surface area contributed by atoms with E-state index >= 15 is 0 Å². The van der Waals surface area contributed by atoms with E-state index in [9.17, 15) is 13.2 Å². The number of amides is 1. The molecule has 0 unspecified atom stereocenters. The molecular weight excluding hydrogens is 394 g/mol. The van der Waals surface area contributed by atoms with Gasteiger partial charge in [-0.2, -0.15) is 0 Å². The molecule has 0 spiro atoms. The molecule has 6 heteroatoms. The molecule has 3 aliphatic rings. The molecule has 4 nitrogen and oxygen atoms in total. The number of carbonyl (C=O) groups is 1. The maximum atomic E-state index is 12.6. The van der Waals surface area contributed by atoms with E-state index in [4.69, 9.17) is 11.6 Å². The Hall–Kier alpha value is -1.07. The van der Waals surface area contributed by atoms with Crippen LogP contribution in [0.5, 0.6) is 0 Å². The van der Waals surface area contributed by atoms with Crippen molar-refractivity contribution < 1.29 is 13.2 Å². The third-order valence-corrected chi connectivity index (χ3v) is 8.80. The average molecular weight is 424 g/mol. The summed E-state index contributed by atoms with van der Waals surface area (Å²) < 4.78 is 24.7. The molecule has 0 radical (unpaired) electrons. The van der Waals surface area contributed by atoms with E-state index in [1.807, 2.05) is 13.0 Å². The number of nitrogens with one attached hydrogen (secondary N) is 1. The minimum Gasteiger partial charge on any atom is -0.351 e. The van der Waals surface area contributed by atoms with Gasteiger partial charge in [0.25, 0.3) is 5.91 Å². The monoisotopic (exact) mass is 423 g/mol. The van der Waals surface area contributed by atoms with Crippen molar-refractivity contribution in [2.45, 2.75) is 51.9 Å². The molecule has 4 rings (SSSR count). The van der Waals surface area contributed by atoms with Gasteiger partial charge in [0.2, 0.25) is 0 Å². The molecule has 0 atom stereocenters. The van der Waals surface area contributed by atoms with Crippen LogP contribution in [-0.4, -0.2) is 32.4 Å². The first-order valence-corrected chi connectivity index (χ1v) is 12.7. The lowest BCUT2D eigenvalue weighted by Crippen LogP contribution is -2.48. The minimum atomic E-state index is -2.93. The Labute approximate surface area is 173 Å². The van der Waals surface area contributed by atoms with Gasteiger partial charge in [-0.1, -0.05) is 30.5 Å². The van der Waals surface area contributed by atoms with Crippen LogP contribution in [0.3, 0.4) is 0 Å². The van der Waals surface area contributed by atoms with Gasteiger partial charge in [-0.3, -0.25) is 4.79 Å². The fraction of sp³-hybridized carbons (Fsp3) is 0.682. The van der Waals surface area contributed by atoms with Crippen molar-refractivity contribution in [1.82, 2.24) is 5.32 Å². The zero-order valence-electron chi connectivity index (χ0n) is 16.5. The predicted octanol–water partition coefficient (Wildman–Crippen LogP) is 4.40. The Morgan fingerprint density at radius 3 is 2.36 bits per heavy atom. The fourth-order valence-corrected chi connectivity index (χ4v) is 7.30. The molecular formula is C22H30ClNO3S. The molecule has 28 heavy (non-hydrogen) atoms. The second kappa shape index (κ2) is 7.64. The highest BCUT2D eigenvalue weighted by Gasteiger charge is 2.48. The maximum Gasteiger partial charge on any atom is 0.252 e. The summed E-state index contributed by atoms with van der Waals surface area (Å²) in [5.74, 6) is 1.99. The summed E-state index contributed by atoms with van der Waals surface area (Å²) in [4.78, 5) is 12.6. The first kappa shape index (κ1) is 20.2. The molecule has 3 saturated carbocycles. The van der Waals surface area contributed by atoms with Gasteiger partial charge in [0.1, 0.15) is 0 Å². The Morgan fingerprint density at radius 2 is 1.75 bits per heavy atom. The standard InChI is InChI=1S/C22H30ClNO3S/c1-15-2-7-19(20(23)8-15)21(25)24-14-22(9-16-3-4-16)10-18(11-22)13-28(26,27)12-17-5-6-17/h2,7-8,16-18H,3-6,9-14H2,1H3,(H,24,25)/t18-,22+. The second-order valence-electron chi connectivity index (χ2n) is 9.61. The van der Waals surface area contributed by atoms with Crippen molar-refractivity contribution >= 4 is 27.3 Å². The largest absolute Gasteiger partial charge is 0.351 e. The first-order valence-electron chi connectivity index (χ1n) is 10.5. The molecule has 3 aliphatic carbocycles. The molecule has 0 heterocycles. The van der Waals surface area contributed by atoms with Gasteiger partial charge in [-0.25, -0.2) is 8.42 Å². The van der Waals surface area contributed by atoms with Gasteiger partial charge in [0.05, 0.1) is 22.1 Å². The normalized spacial score (nSPS) is 27.3. The number of hydrogen-bond acceptors (Lipinski definition) is 3. The van der Waals surface area contributed by atoms with Crippen LogP contribution in [0.1, 0.15) is 60.9 Å². The highest BCUT2D eigenvalue weighted by atomic mass is 35.5. The fourth-order valence-electron chi connectivity index (χ4n) is 4.84. The molecule has 0 saturated heterocycles. The molecule has 0 bridgehead atoms. The highest BCUT2D eigenvalue weighted by Crippen LogP contribution is 2.54. The lowest BCUT2D eigenvalue weighted by Gasteiger charge is -2.48. The number of rotatable bonds is 9. The summed E-state index contributed by atoms with van der Waals surface area (Å²) in [7, 11) is -2.93. The van der Waals surface area contributed by atoms with Crippen molar-refractivity contribution in [2.24, 2.45) is 23.2 Å². The number of sulfone groups is 1.